The van der Waals surface area contributed by atoms with Crippen molar-refractivity contribution in [3.63, 3.8) is 0 Å². The molecule has 0 saturated carbocycles. The fraction of sp³-hybridized carbons (Fsp3) is 0.353. The molecule has 4 heterocycles. The molecule has 11 nitrogen and oxygen atoms in total. The largest absolute Gasteiger partial charge is 0.364 e. The number of amides is 1. The zero-order valence-electron chi connectivity index (χ0n) is 15.7. The molecule has 0 bridgehead atoms. The fourth-order valence-electron chi connectivity index (χ4n) is 3.40. The predicted octanol–water partition coefficient (Wildman–Crippen LogP) is 0.361. The average Bonchev–Trinajstić information content (AvgIpc) is 3.17. The maximum Gasteiger partial charge on any atom is 0.291 e. The van der Waals surface area contributed by atoms with Crippen molar-refractivity contribution >= 4 is 27.8 Å². The number of imidazole rings is 1. The second kappa shape index (κ2) is 7.46. The minimum atomic E-state index is -3.02. The molecule has 0 radical (unpaired) electrons. The second-order valence-corrected chi connectivity index (χ2v) is 8.92. The minimum Gasteiger partial charge on any atom is -0.364 e. The summed E-state index contributed by atoms with van der Waals surface area (Å²) in [6.07, 6.45) is 7.41. The first-order valence-electron chi connectivity index (χ1n) is 9.04. The van der Waals surface area contributed by atoms with Gasteiger partial charge in [0.2, 0.25) is 0 Å². The van der Waals surface area contributed by atoms with E-state index in [1.165, 1.54) is 19.4 Å². The van der Waals surface area contributed by atoms with Crippen LogP contribution in [0.15, 0.2) is 30.9 Å². The minimum absolute atomic E-state index is 0.118. The maximum atomic E-state index is 12.1. The summed E-state index contributed by atoms with van der Waals surface area (Å²) in [6.45, 7) is 1.23. The number of fused-ring (bicyclic) bond motifs is 1. The van der Waals surface area contributed by atoms with Crippen molar-refractivity contribution in [2.45, 2.75) is 18.1 Å². The number of carbonyl (C=O) groups excluding carboxylic acids is 1. The van der Waals surface area contributed by atoms with Crippen LogP contribution in [0.2, 0.25) is 0 Å². The van der Waals surface area contributed by atoms with Gasteiger partial charge in [-0.2, -0.15) is 4.55 Å². The predicted molar refractivity (Wildman–Crippen MR) is 108 cm³/mol. The van der Waals surface area contributed by atoms with E-state index in [-0.39, 0.29) is 10.9 Å². The van der Waals surface area contributed by atoms with Crippen LogP contribution in [0.25, 0.3) is 17.2 Å². The Balaban J connectivity index is 1.60. The molecule has 29 heavy (non-hydrogen) atoms. The smallest absolute Gasteiger partial charge is 0.291 e. The molecule has 12 heteroatoms. The summed E-state index contributed by atoms with van der Waals surface area (Å²) < 4.78 is 26.3. The molecule has 4 rings (SSSR count). The molecular weight excluding hydrogens is 396 g/mol. The lowest BCUT2D eigenvalue weighted by Crippen LogP contribution is -2.46. The van der Waals surface area contributed by atoms with Gasteiger partial charge in [-0.05, 0) is 10.3 Å². The number of hydrogen-bond acceptors (Lipinski definition) is 7. The normalized spacial score (nSPS) is 17.4. The highest BCUT2D eigenvalue weighted by atomic mass is 32.3. The SMILES string of the molecule is CN[S+](=O)(O)C1CCN(c2ccnc(-c3cnc4cnc(C(N)=O)cn34)n2)CC1. The van der Waals surface area contributed by atoms with E-state index in [0.717, 1.165) is 5.82 Å². The Hall–Kier alpha value is -2.96. The summed E-state index contributed by atoms with van der Waals surface area (Å²) in [7, 11) is -1.52. The zero-order chi connectivity index (χ0) is 20.6. The number of carbonyl (C=O) groups is 1. The van der Waals surface area contributed by atoms with Crippen LogP contribution in [-0.2, 0) is 14.6 Å². The van der Waals surface area contributed by atoms with Crippen LogP contribution in [-0.4, -0.2) is 60.2 Å². The number of piperidine rings is 1. The Morgan fingerprint density at radius 3 is 2.72 bits per heavy atom. The van der Waals surface area contributed by atoms with Crippen LogP contribution in [0.3, 0.4) is 0 Å². The summed E-state index contributed by atoms with van der Waals surface area (Å²) in [6, 6.07) is 1.80. The first kappa shape index (κ1) is 19.4. The van der Waals surface area contributed by atoms with E-state index in [2.05, 4.69) is 29.6 Å². The highest BCUT2D eigenvalue weighted by Gasteiger charge is 2.39. The molecule has 152 valence electrons. The van der Waals surface area contributed by atoms with Crippen LogP contribution in [0.1, 0.15) is 23.3 Å². The number of nitrogens with zero attached hydrogens (tertiary/aromatic N) is 6. The van der Waals surface area contributed by atoms with Crippen molar-refractivity contribution in [1.82, 2.24) is 29.1 Å². The van der Waals surface area contributed by atoms with Crippen molar-refractivity contribution in [2.24, 2.45) is 5.73 Å². The lowest BCUT2D eigenvalue weighted by Gasteiger charge is -2.31. The summed E-state index contributed by atoms with van der Waals surface area (Å²) in [4.78, 5) is 30.7. The molecule has 0 spiro atoms. The van der Waals surface area contributed by atoms with E-state index in [4.69, 9.17) is 5.73 Å². The number of rotatable bonds is 5. The molecule has 1 unspecified atom stereocenters. The molecule has 3 aromatic rings. The van der Waals surface area contributed by atoms with Crippen molar-refractivity contribution in [3.05, 3.63) is 36.5 Å². The number of anilines is 1. The number of nitrogens with one attached hydrogen (secondary N) is 1. The van der Waals surface area contributed by atoms with Crippen LogP contribution >= 0.6 is 0 Å². The molecule has 1 amide bonds. The van der Waals surface area contributed by atoms with E-state index in [1.807, 2.05) is 0 Å². The third-order valence-corrected chi connectivity index (χ3v) is 6.99. The monoisotopic (exact) mass is 417 g/mol. The van der Waals surface area contributed by atoms with Gasteiger partial charge in [0, 0.05) is 45.4 Å². The van der Waals surface area contributed by atoms with Crippen molar-refractivity contribution < 1.29 is 13.6 Å². The quantitative estimate of drug-likeness (QED) is 0.503. The molecule has 1 saturated heterocycles. The molecule has 0 aromatic carbocycles. The van der Waals surface area contributed by atoms with Gasteiger partial charge in [0.05, 0.1) is 12.4 Å². The van der Waals surface area contributed by atoms with E-state index in [9.17, 15) is 13.6 Å². The zero-order valence-corrected chi connectivity index (χ0v) is 16.5. The molecule has 1 fully saturated rings. The average molecular weight is 417 g/mol. The van der Waals surface area contributed by atoms with Gasteiger partial charge in [0.1, 0.15) is 17.2 Å². The third kappa shape index (κ3) is 3.69. The maximum absolute atomic E-state index is 12.1. The number of aromatic nitrogens is 5. The number of primary amides is 1. The lowest BCUT2D eigenvalue weighted by atomic mass is 10.1. The lowest BCUT2D eigenvalue weighted by molar-refractivity contribution is 0.0995. The van der Waals surface area contributed by atoms with Gasteiger partial charge in [-0.15, -0.1) is 4.72 Å². The molecule has 1 aliphatic heterocycles. The molecule has 1 atom stereocenters. The van der Waals surface area contributed by atoms with Crippen LogP contribution in [0.4, 0.5) is 5.82 Å². The number of nitrogens with two attached hydrogens (primary N) is 1. The molecule has 4 N–H and O–H groups in total. The van der Waals surface area contributed by atoms with Crippen molar-refractivity contribution in [1.29, 1.82) is 0 Å². The van der Waals surface area contributed by atoms with Crippen LogP contribution in [0, 0.1) is 0 Å². The van der Waals surface area contributed by atoms with Gasteiger partial charge in [-0.1, -0.05) is 0 Å². The van der Waals surface area contributed by atoms with Crippen molar-refractivity contribution in [3.8, 4) is 11.5 Å². The highest BCUT2D eigenvalue weighted by Crippen LogP contribution is 2.25. The molecule has 3 aromatic heterocycles. The van der Waals surface area contributed by atoms with E-state index < -0.39 is 16.3 Å². The fourth-order valence-corrected chi connectivity index (χ4v) is 4.58. The van der Waals surface area contributed by atoms with Gasteiger partial charge in [0.15, 0.2) is 16.7 Å². The standard InChI is InChI=1S/C17H20N8O3S/c1-19-29(27,28)11-3-6-24(7-4-11)14-2-5-20-17(23-14)13-8-22-15-9-21-12(16(18)26)10-25(13)15/h2,5,8-11H,3-4,6-7H2,1H3,(H3-,18,19,26,27,28)/p+1. The Labute approximate surface area is 167 Å². The number of hydrogen-bond donors (Lipinski definition) is 3. The van der Waals surface area contributed by atoms with Gasteiger partial charge >= 0.3 is 0 Å². The first-order valence-corrected chi connectivity index (χ1v) is 10.6. The van der Waals surface area contributed by atoms with E-state index in [1.54, 1.807) is 22.9 Å². The van der Waals surface area contributed by atoms with Crippen LogP contribution in [0.5, 0.6) is 0 Å². The molecular formula is C17H21N8O3S+. The molecule has 0 aliphatic carbocycles. The van der Waals surface area contributed by atoms with Crippen molar-refractivity contribution in [2.75, 3.05) is 25.0 Å². The van der Waals surface area contributed by atoms with Gasteiger partial charge in [0.25, 0.3) is 16.3 Å². The second-order valence-electron chi connectivity index (χ2n) is 6.71. The van der Waals surface area contributed by atoms with E-state index >= 15 is 0 Å². The highest BCUT2D eigenvalue weighted by molar-refractivity contribution is 7.96. The van der Waals surface area contributed by atoms with Gasteiger partial charge < -0.3 is 10.6 Å². The Morgan fingerprint density at radius 1 is 1.28 bits per heavy atom. The summed E-state index contributed by atoms with van der Waals surface area (Å²) in [5.41, 5.74) is 6.59. The van der Waals surface area contributed by atoms with Gasteiger partial charge in [-0.25, -0.2) is 19.9 Å². The van der Waals surface area contributed by atoms with E-state index in [0.29, 0.717) is 43.1 Å². The topological polar surface area (TPSA) is 152 Å². The molecule has 1 aliphatic rings. The Morgan fingerprint density at radius 2 is 2.03 bits per heavy atom. The van der Waals surface area contributed by atoms with Crippen LogP contribution < -0.4 is 15.4 Å². The third-order valence-electron chi connectivity index (χ3n) is 5.03. The Kier molecular flexibility index (Phi) is 4.98. The summed E-state index contributed by atoms with van der Waals surface area (Å²) >= 11 is 0. The Bertz CT molecular complexity index is 1110. The first-order chi connectivity index (χ1) is 13.9. The summed E-state index contributed by atoms with van der Waals surface area (Å²) in [5.74, 6) is 0.535. The van der Waals surface area contributed by atoms with Gasteiger partial charge in [-0.3, -0.25) is 9.20 Å². The summed E-state index contributed by atoms with van der Waals surface area (Å²) in [5, 5.41) is -0.288.